The van der Waals surface area contributed by atoms with E-state index in [0.717, 1.165) is 22.3 Å². The van der Waals surface area contributed by atoms with E-state index >= 15 is 0 Å². The van der Waals surface area contributed by atoms with Crippen LogP contribution in [0.5, 0.6) is 5.75 Å². The van der Waals surface area contributed by atoms with Gasteiger partial charge in [-0.05, 0) is 36.6 Å². The zero-order valence-corrected chi connectivity index (χ0v) is 18.9. The third-order valence-electron chi connectivity index (χ3n) is 5.40. The summed E-state index contributed by atoms with van der Waals surface area (Å²) in [6.45, 7) is 4.13. The average Bonchev–Trinajstić information content (AvgIpc) is 2.81. The minimum Gasteiger partial charge on any atom is -0.484 e. The lowest BCUT2D eigenvalue weighted by Crippen LogP contribution is -2.51. The van der Waals surface area contributed by atoms with Crippen LogP contribution in [-0.2, 0) is 22.6 Å². The summed E-state index contributed by atoms with van der Waals surface area (Å²) in [4.78, 5) is 27.9. The number of nitrogens with zero attached hydrogens (tertiary/aromatic N) is 1. The van der Waals surface area contributed by atoms with Crippen molar-refractivity contribution < 1.29 is 14.3 Å². The fraction of sp³-hybridized carbons (Fsp3) is 0.259. The second-order valence-corrected chi connectivity index (χ2v) is 7.88. The topological polar surface area (TPSA) is 58.6 Å². The van der Waals surface area contributed by atoms with Crippen molar-refractivity contribution in [3.63, 3.8) is 0 Å². The minimum absolute atomic E-state index is 0.140. The summed E-state index contributed by atoms with van der Waals surface area (Å²) in [6.07, 6.45) is 0.419. The molecule has 0 saturated carbocycles. The molecule has 0 aliphatic heterocycles. The van der Waals surface area contributed by atoms with Crippen LogP contribution in [-0.4, -0.2) is 36.4 Å². The summed E-state index contributed by atoms with van der Waals surface area (Å²) in [5.74, 6) is 0.223. The summed E-state index contributed by atoms with van der Waals surface area (Å²) >= 11 is 0. The molecule has 166 valence electrons. The maximum absolute atomic E-state index is 13.4. The fourth-order valence-corrected chi connectivity index (χ4v) is 3.67. The number of likely N-dealkylation sites (N-methyl/N-ethyl adjacent to an activating group) is 1. The van der Waals surface area contributed by atoms with Gasteiger partial charge in [-0.25, -0.2) is 0 Å². The predicted octanol–water partition coefficient (Wildman–Crippen LogP) is 4.07. The third kappa shape index (κ3) is 6.20. The van der Waals surface area contributed by atoms with Crippen molar-refractivity contribution >= 4 is 11.8 Å². The fourth-order valence-electron chi connectivity index (χ4n) is 3.67. The molecule has 0 aromatic heterocycles. The van der Waals surface area contributed by atoms with E-state index in [9.17, 15) is 9.59 Å². The van der Waals surface area contributed by atoms with Crippen molar-refractivity contribution in [2.75, 3.05) is 13.7 Å². The lowest BCUT2D eigenvalue weighted by molar-refractivity contribution is -0.142. The second-order valence-electron chi connectivity index (χ2n) is 7.88. The molecule has 0 aliphatic rings. The van der Waals surface area contributed by atoms with Gasteiger partial charge in [-0.3, -0.25) is 9.59 Å². The number of hydrogen-bond donors (Lipinski definition) is 1. The summed E-state index contributed by atoms with van der Waals surface area (Å²) in [6, 6.07) is 24.6. The van der Waals surface area contributed by atoms with Crippen LogP contribution >= 0.6 is 0 Å². The molecule has 32 heavy (non-hydrogen) atoms. The highest BCUT2D eigenvalue weighted by Gasteiger charge is 2.30. The van der Waals surface area contributed by atoms with Gasteiger partial charge in [0, 0.05) is 20.0 Å². The molecule has 5 heteroatoms. The highest BCUT2D eigenvalue weighted by atomic mass is 16.5. The number of carbonyl (C=O) groups is 2. The molecule has 1 N–H and O–H groups in total. The van der Waals surface area contributed by atoms with Gasteiger partial charge in [0.1, 0.15) is 11.8 Å². The number of carbonyl (C=O) groups excluding carboxylic acids is 2. The Morgan fingerprint density at radius 2 is 1.59 bits per heavy atom. The number of ether oxygens (including phenoxy) is 1. The Bertz CT molecular complexity index is 1050. The summed E-state index contributed by atoms with van der Waals surface area (Å²) < 4.78 is 5.83. The van der Waals surface area contributed by atoms with Crippen LogP contribution < -0.4 is 10.1 Å². The number of nitrogens with one attached hydrogen (secondary N) is 1. The number of amides is 2. The Kier molecular flexibility index (Phi) is 8.03. The first-order valence-electron chi connectivity index (χ1n) is 10.8. The molecule has 0 saturated heterocycles. The number of hydrogen-bond acceptors (Lipinski definition) is 3. The Morgan fingerprint density at radius 3 is 2.28 bits per heavy atom. The van der Waals surface area contributed by atoms with Gasteiger partial charge in [-0.1, -0.05) is 78.4 Å². The molecule has 2 amide bonds. The monoisotopic (exact) mass is 430 g/mol. The molecule has 5 nitrogen and oxygen atoms in total. The first kappa shape index (κ1) is 23.1. The summed E-state index contributed by atoms with van der Waals surface area (Å²) in [7, 11) is 1.60. The minimum atomic E-state index is -0.657. The molecule has 0 aliphatic carbocycles. The SMILES string of the molecule is CNC(=O)[C@@H](Cc1ccccc1)N(Cc1cccc(C)c1)C(=O)COc1ccccc1C. The van der Waals surface area contributed by atoms with Crippen LogP contribution in [0.4, 0.5) is 0 Å². The third-order valence-corrected chi connectivity index (χ3v) is 5.40. The summed E-state index contributed by atoms with van der Waals surface area (Å²) in [5.41, 5.74) is 4.02. The van der Waals surface area contributed by atoms with Crippen molar-refractivity contribution in [1.82, 2.24) is 10.2 Å². The van der Waals surface area contributed by atoms with E-state index in [-0.39, 0.29) is 18.4 Å². The van der Waals surface area contributed by atoms with Crippen LogP contribution in [0.25, 0.3) is 0 Å². The van der Waals surface area contributed by atoms with Gasteiger partial charge in [0.2, 0.25) is 5.91 Å². The van der Waals surface area contributed by atoms with Crippen LogP contribution in [0.3, 0.4) is 0 Å². The molecular formula is C27H30N2O3. The first-order chi connectivity index (χ1) is 15.5. The molecule has 3 rings (SSSR count). The highest BCUT2D eigenvalue weighted by Crippen LogP contribution is 2.19. The molecule has 0 heterocycles. The van der Waals surface area contributed by atoms with E-state index in [1.807, 2.05) is 92.7 Å². The number of aryl methyl sites for hydroxylation is 2. The molecule has 3 aromatic carbocycles. The Balaban J connectivity index is 1.88. The van der Waals surface area contributed by atoms with Gasteiger partial charge >= 0.3 is 0 Å². The molecule has 0 unspecified atom stereocenters. The average molecular weight is 431 g/mol. The molecule has 0 radical (unpaired) electrons. The quantitative estimate of drug-likeness (QED) is 0.557. The molecule has 0 spiro atoms. The van der Waals surface area contributed by atoms with Crippen molar-refractivity contribution in [3.05, 3.63) is 101 Å². The van der Waals surface area contributed by atoms with Crippen molar-refractivity contribution in [3.8, 4) is 5.75 Å². The predicted molar refractivity (Wildman–Crippen MR) is 126 cm³/mol. The smallest absolute Gasteiger partial charge is 0.261 e. The maximum atomic E-state index is 13.4. The van der Waals surface area contributed by atoms with E-state index in [0.29, 0.717) is 18.7 Å². The maximum Gasteiger partial charge on any atom is 0.261 e. The lowest BCUT2D eigenvalue weighted by Gasteiger charge is -2.31. The number of benzene rings is 3. The normalized spacial score (nSPS) is 11.5. The van der Waals surface area contributed by atoms with E-state index in [4.69, 9.17) is 4.74 Å². The van der Waals surface area contributed by atoms with Crippen LogP contribution in [0.15, 0.2) is 78.9 Å². The lowest BCUT2D eigenvalue weighted by atomic mass is 10.0. The highest BCUT2D eigenvalue weighted by molar-refractivity contribution is 5.88. The van der Waals surface area contributed by atoms with Crippen LogP contribution in [0.1, 0.15) is 22.3 Å². The first-order valence-corrected chi connectivity index (χ1v) is 10.8. The van der Waals surface area contributed by atoms with E-state index in [2.05, 4.69) is 5.32 Å². The van der Waals surface area contributed by atoms with Gasteiger partial charge in [0.05, 0.1) is 0 Å². The molecule has 1 atom stereocenters. The van der Waals surface area contributed by atoms with Crippen molar-refractivity contribution in [1.29, 1.82) is 0 Å². The molecule has 0 bridgehead atoms. The van der Waals surface area contributed by atoms with Crippen molar-refractivity contribution in [2.45, 2.75) is 32.9 Å². The molecule has 3 aromatic rings. The standard InChI is InChI=1S/C27H30N2O3/c1-20-10-9-14-23(16-20)18-29(26(30)19-32-25-15-8-7-11-21(25)2)24(27(31)28-3)17-22-12-5-4-6-13-22/h4-16,24H,17-19H2,1-3H3,(H,28,31)/t24-/m1/s1. The van der Waals surface area contributed by atoms with E-state index in [1.165, 1.54) is 0 Å². The number of para-hydroxylation sites is 1. The van der Waals surface area contributed by atoms with Crippen LogP contribution in [0.2, 0.25) is 0 Å². The van der Waals surface area contributed by atoms with Gasteiger partial charge in [-0.2, -0.15) is 0 Å². The molecule has 0 fully saturated rings. The van der Waals surface area contributed by atoms with Crippen LogP contribution in [0, 0.1) is 13.8 Å². The summed E-state index contributed by atoms with van der Waals surface area (Å²) in [5, 5.41) is 2.73. The van der Waals surface area contributed by atoms with Gasteiger partial charge in [0.25, 0.3) is 5.91 Å². The largest absolute Gasteiger partial charge is 0.484 e. The van der Waals surface area contributed by atoms with Gasteiger partial charge in [-0.15, -0.1) is 0 Å². The Labute approximate surface area is 190 Å². The Hall–Kier alpha value is -3.60. The second kappa shape index (κ2) is 11.1. The zero-order valence-electron chi connectivity index (χ0n) is 18.9. The number of rotatable bonds is 9. The van der Waals surface area contributed by atoms with Crippen molar-refractivity contribution in [2.24, 2.45) is 0 Å². The van der Waals surface area contributed by atoms with E-state index < -0.39 is 6.04 Å². The zero-order chi connectivity index (χ0) is 22.9. The Morgan fingerprint density at radius 1 is 0.906 bits per heavy atom. The van der Waals surface area contributed by atoms with Gasteiger partial charge in [0.15, 0.2) is 6.61 Å². The van der Waals surface area contributed by atoms with Gasteiger partial charge < -0.3 is 15.0 Å². The molecular weight excluding hydrogens is 400 g/mol. The van der Waals surface area contributed by atoms with E-state index in [1.54, 1.807) is 11.9 Å².